The van der Waals surface area contributed by atoms with Gasteiger partial charge in [-0.25, -0.2) is 9.38 Å². The Morgan fingerprint density at radius 2 is 1.81 bits per heavy atom. The van der Waals surface area contributed by atoms with Crippen molar-refractivity contribution in [2.45, 2.75) is 112 Å². The van der Waals surface area contributed by atoms with Crippen LogP contribution in [0.3, 0.4) is 0 Å². The Hall–Kier alpha value is -2.79. The van der Waals surface area contributed by atoms with E-state index in [9.17, 15) is 9.65 Å². The molecule has 0 amide bonds. The average molecular weight is 683 g/mol. The van der Waals surface area contributed by atoms with Crippen molar-refractivity contribution in [3.05, 3.63) is 51.5 Å². The normalized spacial score (nSPS) is 18.7. The van der Waals surface area contributed by atoms with Crippen molar-refractivity contribution in [2.24, 2.45) is 10.9 Å². The summed E-state index contributed by atoms with van der Waals surface area (Å²) in [5.41, 5.74) is 10.9. The molecule has 1 saturated heterocycles. The summed E-state index contributed by atoms with van der Waals surface area (Å²) in [6.07, 6.45) is 15.2. The Kier molecular flexibility index (Phi) is 15.8. The van der Waals surface area contributed by atoms with Crippen molar-refractivity contribution < 1.29 is 9.13 Å². The molecular formula is C37H56FN6OPS. The molecule has 10 heteroatoms. The number of nitrogens with zero attached hydrogens (tertiary/aromatic N) is 4. The van der Waals surface area contributed by atoms with Gasteiger partial charge in [-0.3, -0.25) is 4.98 Å². The zero-order chi connectivity index (χ0) is 34.5. The molecule has 47 heavy (non-hydrogen) atoms. The van der Waals surface area contributed by atoms with E-state index in [4.69, 9.17) is 15.5 Å². The molecule has 3 unspecified atom stereocenters. The Labute approximate surface area is 288 Å². The fraction of sp³-hybridized carbons (Fsp3) is 0.595. The minimum atomic E-state index is -0.475. The molecule has 2 aromatic heterocycles. The zero-order valence-electron chi connectivity index (χ0n) is 29.6. The number of nitrogens with one attached hydrogen (secondary N) is 1. The van der Waals surface area contributed by atoms with Crippen LogP contribution in [0.2, 0.25) is 0 Å². The van der Waals surface area contributed by atoms with Crippen molar-refractivity contribution in [3.8, 4) is 6.07 Å². The first-order valence-corrected chi connectivity index (χ1v) is 19.1. The maximum atomic E-state index is 14.6. The first-order valence-electron chi connectivity index (χ1n) is 17.7. The van der Waals surface area contributed by atoms with E-state index in [1.165, 1.54) is 51.1 Å². The Bertz CT molecular complexity index is 1510. The van der Waals surface area contributed by atoms with E-state index in [1.54, 1.807) is 0 Å². The molecule has 0 spiro atoms. The highest BCUT2D eigenvalue weighted by Crippen LogP contribution is 2.49. The van der Waals surface area contributed by atoms with Gasteiger partial charge < -0.3 is 20.7 Å². The molecule has 0 saturated carbocycles. The average Bonchev–Trinajstić information content (AvgIpc) is 3.88. The molecule has 6 rings (SSSR count). The van der Waals surface area contributed by atoms with Crippen LogP contribution >= 0.6 is 20.6 Å². The van der Waals surface area contributed by atoms with Gasteiger partial charge in [0.25, 0.3) is 0 Å². The molecule has 0 bridgehead atoms. The van der Waals surface area contributed by atoms with Gasteiger partial charge in [0.2, 0.25) is 0 Å². The number of unbranched alkanes of at least 4 members (excludes halogenated alkanes) is 3. The third-order valence-electron chi connectivity index (χ3n) is 8.94. The SMILES string of the molecule is CC.CCCC.CCCCCC(C)CC.N#Cc1c(N)sc2c(F)cnc(C3=C(P)C4N=C(N5CCCC5)NC=C4C4=C3COC4)c12. The van der Waals surface area contributed by atoms with Gasteiger partial charge in [-0.05, 0) is 35.2 Å². The van der Waals surface area contributed by atoms with Crippen LogP contribution in [0.15, 0.2) is 39.4 Å². The van der Waals surface area contributed by atoms with Crippen LogP contribution in [0.1, 0.15) is 118 Å². The van der Waals surface area contributed by atoms with Crippen LogP contribution in [-0.4, -0.2) is 48.2 Å². The van der Waals surface area contributed by atoms with Crippen LogP contribution in [0, 0.1) is 23.1 Å². The van der Waals surface area contributed by atoms with Gasteiger partial charge in [0, 0.05) is 35.8 Å². The van der Waals surface area contributed by atoms with E-state index in [-0.39, 0.29) is 11.6 Å². The van der Waals surface area contributed by atoms with E-state index < -0.39 is 5.82 Å². The summed E-state index contributed by atoms with van der Waals surface area (Å²) in [6.45, 7) is 18.1. The topological polar surface area (TPSA) is 99.6 Å². The van der Waals surface area contributed by atoms with Crippen LogP contribution in [0.5, 0.6) is 0 Å². The largest absolute Gasteiger partial charge is 0.389 e. The fourth-order valence-corrected chi connectivity index (χ4v) is 7.36. The van der Waals surface area contributed by atoms with Gasteiger partial charge in [-0.1, -0.05) is 93.4 Å². The van der Waals surface area contributed by atoms with Crippen LogP contribution in [0.25, 0.3) is 15.7 Å². The van der Waals surface area contributed by atoms with Crippen LogP contribution < -0.4 is 11.1 Å². The van der Waals surface area contributed by atoms with Crippen molar-refractivity contribution in [1.29, 1.82) is 5.26 Å². The standard InChI is InChI=1S/C22H20FN6OPS.C9H20.C4H10.C2H6/c23-14-7-26-18(16-10(5-24)21(25)32-20(14)16)15-13-9-30-8-12(13)11-6-27-22(28-17(11)19(15)31)29-3-1-2-4-29;1-4-6-7-8-9(3)5-2;1-3-4-2;1-2/h6-7,17H,1-4,8-9,25,31H2,(H,27,28);9H,4-8H2,1-3H3;3-4H2,1-2H3;1-2H3. The smallest absolute Gasteiger partial charge is 0.198 e. The summed E-state index contributed by atoms with van der Waals surface area (Å²) >= 11 is 1.08. The maximum absolute atomic E-state index is 14.6. The predicted molar refractivity (Wildman–Crippen MR) is 202 cm³/mol. The van der Waals surface area contributed by atoms with E-state index in [1.807, 2.05) is 20.0 Å². The highest BCUT2D eigenvalue weighted by Gasteiger charge is 2.38. The number of nitrogen functional groups attached to an aromatic ring is 1. The summed E-state index contributed by atoms with van der Waals surface area (Å²) in [6, 6.07) is 1.93. The second-order valence-electron chi connectivity index (χ2n) is 12.2. The van der Waals surface area contributed by atoms with Crippen molar-refractivity contribution in [3.63, 3.8) is 0 Å². The highest BCUT2D eigenvalue weighted by atomic mass is 32.1. The van der Waals surface area contributed by atoms with Crippen molar-refractivity contribution in [2.75, 3.05) is 32.0 Å². The van der Waals surface area contributed by atoms with Gasteiger partial charge in [0.05, 0.1) is 35.4 Å². The molecule has 3 atom stereocenters. The van der Waals surface area contributed by atoms with Crippen molar-refractivity contribution >= 4 is 47.2 Å². The number of thiophene rings is 1. The third kappa shape index (κ3) is 9.02. The molecule has 5 heterocycles. The summed E-state index contributed by atoms with van der Waals surface area (Å²) < 4.78 is 20.8. The third-order valence-corrected chi connectivity index (χ3v) is 10.6. The molecule has 2 aromatic rings. The van der Waals surface area contributed by atoms with Gasteiger partial charge in [-0.15, -0.1) is 20.6 Å². The number of aromatic nitrogens is 1. The monoisotopic (exact) mass is 682 g/mol. The first kappa shape index (κ1) is 38.7. The number of hydrogen-bond acceptors (Lipinski definition) is 8. The Morgan fingerprint density at radius 1 is 1.13 bits per heavy atom. The Balaban J connectivity index is 0.000000339. The number of ether oxygens (including phenoxy) is 1. The maximum Gasteiger partial charge on any atom is 0.198 e. The van der Waals surface area contributed by atoms with Crippen LogP contribution in [0.4, 0.5) is 9.39 Å². The van der Waals surface area contributed by atoms with Gasteiger partial charge in [0.1, 0.15) is 17.1 Å². The van der Waals surface area contributed by atoms with Crippen LogP contribution in [-0.2, 0) is 4.74 Å². The lowest BCUT2D eigenvalue weighted by atomic mass is 9.83. The summed E-state index contributed by atoms with van der Waals surface area (Å²) in [4.78, 5) is 11.8. The number of pyridine rings is 1. The van der Waals surface area contributed by atoms with Gasteiger partial charge in [0.15, 0.2) is 11.8 Å². The minimum Gasteiger partial charge on any atom is -0.389 e. The number of anilines is 1. The van der Waals surface area contributed by atoms with E-state index in [2.05, 4.69) is 65.1 Å². The fourth-order valence-electron chi connectivity index (χ4n) is 5.88. The van der Waals surface area contributed by atoms with Gasteiger partial charge >= 0.3 is 0 Å². The number of nitrogens with two attached hydrogens (primary N) is 1. The number of nitriles is 1. The number of aliphatic imine (C=N–C) groups is 1. The molecule has 1 fully saturated rings. The summed E-state index contributed by atoms with van der Waals surface area (Å²) in [5.74, 6) is 1.35. The number of fused-ring (bicyclic) bond motifs is 3. The molecule has 0 aromatic carbocycles. The second kappa shape index (κ2) is 19.3. The molecule has 258 valence electrons. The molecule has 3 N–H and O–H groups in total. The molecule has 4 aliphatic rings. The molecule has 7 nitrogen and oxygen atoms in total. The summed E-state index contributed by atoms with van der Waals surface area (Å²) in [5, 5.41) is 14.8. The lowest BCUT2D eigenvalue weighted by Crippen LogP contribution is -2.42. The lowest BCUT2D eigenvalue weighted by Gasteiger charge is -2.33. The minimum absolute atomic E-state index is 0.212. The number of hydrogen-bond donors (Lipinski definition) is 2. The first-order chi connectivity index (χ1) is 22.8. The number of likely N-dealkylation sites (tertiary alicyclic amines) is 1. The van der Waals surface area contributed by atoms with Crippen molar-refractivity contribution in [1.82, 2.24) is 15.2 Å². The number of rotatable bonds is 7. The predicted octanol–water partition coefficient (Wildman–Crippen LogP) is 9.57. The van der Waals surface area contributed by atoms with E-state index in [0.29, 0.717) is 34.0 Å². The van der Waals surface area contributed by atoms with E-state index >= 15 is 0 Å². The zero-order valence-corrected chi connectivity index (χ0v) is 31.6. The molecule has 3 aliphatic heterocycles. The van der Waals surface area contributed by atoms with E-state index in [0.717, 1.165) is 76.8 Å². The molecular weight excluding hydrogens is 626 g/mol. The lowest BCUT2D eigenvalue weighted by molar-refractivity contribution is 0.207. The Morgan fingerprint density at radius 3 is 2.43 bits per heavy atom. The quantitative estimate of drug-likeness (QED) is 0.223. The molecule has 1 aliphatic carbocycles. The molecule has 0 radical (unpaired) electrons. The summed E-state index contributed by atoms with van der Waals surface area (Å²) in [7, 11) is 2.83. The van der Waals surface area contributed by atoms with Gasteiger partial charge in [-0.2, -0.15) is 5.26 Å². The number of guanidine groups is 1. The highest BCUT2D eigenvalue weighted by molar-refractivity contribution is 7.23. The number of halogens is 1. The second-order valence-corrected chi connectivity index (χ2v) is 13.9.